The van der Waals surface area contributed by atoms with E-state index in [1.807, 2.05) is 34.9 Å². The standard InChI is InChI=1S/C26H22N4O3S2/c1-15(2)35-25-27-21-9-5-8-20(24(31)32)22(21)30(25)14-16-10-12-17(13-11-16)18-6-3-4-7-19(18)23-28-26(34)33-29-23/h3-13,15H,14H2,1-2H3,(H,31,32)(H,28,29,34). The van der Waals surface area contributed by atoms with E-state index in [2.05, 4.69) is 48.3 Å². The summed E-state index contributed by atoms with van der Waals surface area (Å²) < 4.78 is 7.12. The number of nitrogens with zero attached hydrogens (tertiary/aromatic N) is 3. The summed E-state index contributed by atoms with van der Waals surface area (Å²) in [6.45, 7) is 4.70. The van der Waals surface area contributed by atoms with Crippen LogP contribution in [0, 0.1) is 4.84 Å². The molecule has 0 spiro atoms. The molecule has 0 saturated carbocycles. The number of carboxylic acids is 1. The quantitative estimate of drug-likeness (QED) is 0.190. The molecular formula is C26H22N4O3S2. The lowest BCUT2D eigenvalue weighted by atomic mass is 9.98. The average molecular weight is 503 g/mol. The molecule has 5 aromatic rings. The molecule has 0 aliphatic heterocycles. The largest absolute Gasteiger partial charge is 0.478 e. The van der Waals surface area contributed by atoms with Gasteiger partial charge in [0, 0.05) is 10.8 Å². The average Bonchev–Trinajstić information content (AvgIpc) is 3.42. The molecule has 0 amide bonds. The van der Waals surface area contributed by atoms with Crippen LogP contribution in [0.4, 0.5) is 0 Å². The van der Waals surface area contributed by atoms with Crippen molar-refractivity contribution in [1.82, 2.24) is 19.7 Å². The molecule has 0 bridgehead atoms. The predicted octanol–water partition coefficient (Wildman–Crippen LogP) is 6.66. The third kappa shape index (κ3) is 4.65. The summed E-state index contributed by atoms with van der Waals surface area (Å²) >= 11 is 6.63. The lowest BCUT2D eigenvalue weighted by Gasteiger charge is -2.13. The van der Waals surface area contributed by atoms with E-state index in [4.69, 9.17) is 21.7 Å². The number of nitrogens with one attached hydrogen (secondary N) is 1. The van der Waals surface area contributed by atoms with Crippen LogP contribution in [0.5, 0.6) is 0 Å². The zero-order valence-corrected chi connectivity index (χ0v) is 20.7. The summed E-state index contributed by atoms with van der Waals surface area (Å²) in [7, 11) is 0. The number of aromatic amines is 1. The van der Waals surface area contributed by atoms with Gasteiger partial charge in [0.1, 0.15) is 0 Å². The normalized spacial score (nSPS) is 11.4. The fourth-order valence-electron chi connectivity index (χ4n) is 4.04. The number of fused-ring (bicyclic) bond motifs is 1. The Labute approximate surface area is 210 Å². The minimum atomic E-state index is -0.961. The Balaban J connectivity index is 1.53. The van der Waals surface area contributed by atoms with Crippen molar-refractivity contribution in [2.24, 2.45) is 0 Å². The van der Waals surface area contributed by atoms with Crippen LogP contribution in [0.1, 0.15) is 29.8 Å². The van der Waals surface area contributed by atoms with E-state index >= 15 is 0 Å². The smallest absolute Gasteiger partial charge is 0.337 e. The molecule has 0 unspecified atom stereocenters. The molecule has 0 atom stereocenters. The minimum absolute atomic E-state index is 0.161. The minimum Gasteiger partial charge on any atom is -0.478 e. The van der Waals surface area contributed by atoms with Gasteiger partial charge in [-0.1, -0.05) is 80.2 Å². The maximum Gasteiger partial charge on any atom is 0.337 e. The number of carbonyl (C=O) groups is 1. The van der Waals surface area contributed by atoms with Crippen LogP contribution in [0.15, 0.2) is 76.4 Å². The van der Waals surface area contributed by atoms with Crippen molar-refractivity contribution in [2.75, 3.05) is 0 Å². The molecule has 7 nitrogen and oxygen atoms in total. The van der Waals surface area contributed by atoms with E-state index in [1.165, 1.54) is 0 Å². The number of para-hydroxylation sites is 1. The van der Waals surface area contributed by atoms with Gasteiger partial charge in [0.05, 0.1) is 23.1 Å². The molecular weight excluding hydrogens is 480 g/mol. The SMILES string of the molecule is CC(C)Sc1nc2cccc(C(=O)O)c2n1Cc1ccc(-c2ccccc2-c2nc(=S)o[nH]2)cc1. The summed E-state index contributed by atoms with van der Waals surface area (Å²) in [6, 6.07) is 21.3. The van der Waals surface area contributed by atoms with E-state index in [1.54, 1.807) is 23.9 Å². The highest BCUT2D eigenvalue weighted by atomic mass is 32.2. The second-order valence-corrected chi connectivity index (χ2v) is 10.2. The van der Waals surface area contributed by atoms with Gasteiger partial charge in [-0.05, 0) is 41.0 Å². The van der Waals surface area contributed by atoms with Crippen molar-refractivity contribution in [1.29, 1.82) is 0 Å². The molecule has 0 saturated heterocycles. The number of aromatic carboxylic acids is 1. The first-order valence-corrected chi connectivity index (χ1v) is 12.3. The highest BCUT2D eigenvalue weighted by Crippen LogP contribution is 2.32. The number of H-pyrrole nitrogens is 1. The lowest BCUT2D eigenvalue weighted by Crippen LogP contribution is -2.07. The van der Waals surface area contributed by atoms with Gasteiger partial charge in [0.15, 0.2) is 11.0 Å². The van der Waals surface area contributed by atoms with Gasteiger partial charge in [-0.3, -0.25) is 0 Å². The summed E-state index contributed by atoms with van der Waals surface area (Å²) in [5.41, 5.74) is 5.52. The first-order valence-electron chi connectivity index (χ1n) is 11.0. The van der Waals surface area contributed by atoms with Gasteiger partial charge in [-0.2, -0.15) is 4.98 Å². The Hall–Kier alpha value is -3.69. The summed E-state index contributed by atoms with van der Waals surface area (Å²) in [5, 5.41) is 13.7. The van der Waals surface area contributed by atoms with Crippen LogP contribution < -0.4 is 0 Å². The zero-order valence-electron chi connectivity index (χ0n) is 19.1. The highest BCUT2D eigenvalue weighted by molar-refractivity contribution is 7.99. The first kappa shape index (κ1) is 23.1. The van der Waals surface area contributed by atoms with Crippen molar-refractivity contribution in [3.8, 4) is 22.5 Å². The van der Waals surface area contributed by atoms with E-state index in [0.717, 1.165) is 27.4 Å². The van der Waals surface area contributed by atoms with Crippen molar-refractivity contribution in [3.63, 3.8) is 0 Å². The van der Waals surface area contributed by atoms with Gasteiger partial charge < -0.3 is 14.2 Å². The number of thioether (sulfide) groups is 1. The fraction of sp³-hybridized carbons (Fsp3) is 0.154. The van der Waals surface area contributed by atoms with Crippen molar-refractivity contribution < 1.29 is 14.4 Å². The number of hydrogen-bond acceptors (Lipinski definition) is 6. The maximum atomic E-state index is 11.9. The molecule has 35 heavy (non-hydrogen) atoms. The molecule has 0 fully saturated rings. The van der Waals surface area contributed by atoms with E-state index < -0.39 is 5.97 Å². The Morgan fingerprint density at radius 1 is 1.06 bits per heavy atom. The van der Waals surface area contributed by atoms with Crippen LogP contribution in [0.2, 0.25) is 0 Å². The summed E-state index contributed by atoms with van der Waals surface area (Å²) in [4.78, 5) is 21.1. The Morgan fingerprint density at radius 2 is 1.80 bits per heavy atom. The zero-order chi connectivity index (χ0) is 24.5. The van der Waals surface area contributed by atoms with E-state index in [0.29, 0.717) is 28.7 Å². The molecule has 9 heteroatoms. The fourth-order valence-corrected chi connectivity index (χ4v) is 5.03. The number of rotatable bonds is 7. The third-order valence-corrected chi connectivity index (χ3v) is 6.70. The third-order valence-electron chi connectivity index (χ3n) is 5.53. The lowest BCUT2D eigenvalue weighted by molar-refractivity contribution is 0.0698. The molecule has 2 heterocycles. The molecule has 0 radical (unpaired) electrons. The molecule has 3 aromatic carbocycles. The van der Waals surface area contributed by atoms with Gasteiger partial charge >= 0.3 is 10.8 Å². The number of imidazole rings is 1. The van der Waals surface area contributed by atoms with Crippen LogP contribution in [-0.4, -0.2) is 36.0 Å². The Bertz CT molecular complexity index is 1580. The van der Waals surface area contributed by atoms with Gasteiger partial charge in [-0.15, -0.1) is 0 Å². The van der Waals surface area contributed by atoms with Crippen LogP contribution >= 0.6 is 24.0 Å². The Kier molecular flexibility index (Phi) is 6.27. The topological polar surface area (TPSA) is 96.9 Å². The van der Waals surface area contributed by atoms with Crippen molar-refractivity contribution in [2.45, 2.75) is 30.8 Å². The number of carboxylic acid groups (broad SMARTS) is 1. The number of benzene rings is 3. The van der Waals surface area contributed by atoms with Crippen LogP contribution in [0.25, 0.3) is 33.5 Å². The Morgan fingerprint density at radius 3 is 2.46 bits per heavy atom. The second-order valence-electron chi connectivity index (χ2n) is 8.30. The highest BCUT2D eigenvalue weighted by Gasteiger charge is 2.19. The molecule has 2 aromatic heterocycles. The van der Waals surface area contributed by atoms with Gasteiger partial charge in [-0.25, -0.2) is 14.9 Å². The maximum absolute atomic E-state index is 11.9. The molecule has 5 rings (SSSR count). The van der Waals surface area contributed by atoms with Crippen molar-refractivity contribution >= 4 is 41.0 Å². The van der Waals surface area contributed by atoms with Crippen LogP contribution in [-0.2, 0) is 6.54 Å². The molecule has 2 N–H and O–H groups in total. The summed E-state index contributed by atoms with van der Waals surface area (Å²) in [6.07, 6.45) is 0. The molecule has 0 aliphatic carbocycles. The molecule has 0 aliphatic rings. The van der Waals surface area contributed by atoms with E-state index in [9.17, 15) is 9.90 Å². The van der Waals surface area contributed by atoms with E-state index in [-0.39, 0.29) is 10.4 Å². The monoisotopic (exact) mass is 502 g/mol. The van der Waals surface area contributed by atoms with Gasteiger partial charge in [0.25, 0.3) is 0 Å². The van der Waals surface area contributed by atoms with Crippen LogP contribution in [0.3, 0.4) is 0 Å². The number of hydrogen-bond donors (Lipinski definition) is 2. The predicted molar refractivity (Wildman–Crippen MR) is 139 cm³/mol. The number of aromatic nitrogens is 4. The van der Waals surface area contributed by atoms with Gasteiger partial charge in [0.2, 0.25) is 0 Å². The first-order chi connectivity index (χ1) is 16.9. The van der Waals surface area contributed by atoms with Crippen molar-refractivity contribution in [3.05, 3.63) is 82.7 Å². The molecule has 176 valence electrons. The summed E-state index contributed by atoms with van der Waals surface area (Å²) in [5.74, 6) is -0.382. The second kappa shape index (κ2) is 9.52.